The molecule has 4 rings (SSSR count). The topological polar surface area (TPSA) is 132 Å². The van der Waals surface area contributed by atoms with E-state index in [0.717, 1.165) is 5.52 Å². The summed E-state index contributed by atoms with van der Waals surface area (Å²) in [5.74, 6) is -3.69. The number of aliphatic carboxylic acids is 2. The van der Waals surface area contributed by atoms with Crippen molar-refractivity contribution in [3.63, 3.8) is 0 Å². The smallest absolute Gasteiger partial charge is 0.325 e. The Morgan fingerprint density at radius 2 is 1.81 bits per heavy atom. The van der Waals surface area contributed by atoms with Crippen LogP contribution in [-0.2, 0) is 19.1 Å². The van der Waals surface area contributed by atoms with Gasteiger partial charge in [-0.2, -0.15) is 0 Å². The summed E-state index contributed by atoms with van der Waals surface area (Å²) in [6, 6.07) is 4.41. The number of carboxylic acid groups (broad SMARTS) is 2. The van der Waals surface area contributed by atoms with Crippen LogP contribution in [0.3, 0.4) is 0 Å². The van der Waals surface area contributed by atoms with Gasteiger partial charge in [-0.15, -0.1) is 0 Å². The maximum absolute atomic E-state index is 12.8. The summed E-state index contributed by atoms with van der Waals surface area (Å²) in [7, 11) is 0. The molecule has 1 fully saturated rings. The van der Waals surface area contributed by atoms with Crippen LogP contribution in [-0.4, -0.2) is 64.2 Å². The van der Waals surface area contributed by atoms with E-state index in [1.165, 1.54) is 0 Å². The predicted molar refractivity (Wildman–Crippen MR) is 113 cm³/mol. The van der Waals surface area contributed by atoms with Crippen LogP contribution in [0.1, 0.15) is 24.4 Å². The molecule has 2 aliphatic rings. The van der Waals surface area contributed by atoms with Crippen molar-refractivity contribution in [2.45, 2.75) is 18.9 Å². The molecular weight excluding hydrogens is 402 g/mol. The number of rotatable bonds is 6. The zero-order chi connectivity index (χ0) is 22.0. The zero-order valence-corrected chi connectivity index (χ0v) is 16.9. The quantitative estimate of drug-likeness (QED) is 0.520. The fourth-order valence-electron chi connectivity index (χ4n) is 4.38. The molecule has 164 valence electrons. The molecule has 31 heavy (non-hydrogen) atoms. The molecule has 4 N–H and O–H groups in total. The SMILES string of the molecule is O=C(O)[C@H]1CC=CC[C@H]1C(=O)Nc1ccc2[nH]cc([C@@H](C(=O)O)N3CCOCC3)c2c1. The number of hydrogen-bond acceptors (Lipinski definition) is 5. The summed E-state index contributed by atoms with van der Waals surface area (Å²) >= 11 is 0. The average molecular weight is 427 g/mol. The van der Waals surface area contributed by atoms with E-state index >= 15 is 0 Å². The van der Waals surface area contributed by atoms with Crippen LogP contribution >= 0.6 is 0 Å². The van der Waals surface area contributed by atoms with Gasteiger partial charge in [-0.3, -0.25) is 19.3 Å². The summed E-state index contributed by atoms with van der Waals surface area (Å²) in [5, 5.41) is 22.8. The molecule has 0 unspecified atom stereocenters. The Labute approximate surface area is 178 Å². The van der Waals surface area contributed by atoms with Crippen LogP contribution in [0.15, 0.2) is 36.5 Å². The summed E-state index contributed by atoms with van der Waals surface area (Å²) in [4.78, 5) is 41.4. The van der Waals surface area contributed by atoms with Crippen molar-refractivity contribution in [1.82, 2.24) is 9.88 Å². The molecule has 0 saturated carbocycles. The molecule has 1 aromatic heterocycles. The van der Waals surface area contributed by atoms with Crippen molar-refractivity contribution in [2.75, 3.05) is 31.6 Å². The van der Waals surface area contributed by atoms with Crippen LogP contribution in [0.4, 0.5) is 5.69 Å². The van der Waals surface area contributed by atoms with Crippen LogP contribution in [0, 0.1) is 11.8 Å². The third kappa shape index (κ3) is 4.33. The summed E-state index contributed by atoms with van der Waals surface area (Å²) in [5.41, 5.74) is 1.88. The third-order valence-electron chi connectivity index (χ3n) is 6.01. The Bertz CT molecular complexity index is 1020. The molecule has 1 aliphatic heterocycles. The van der Waals surface area contributed by atoms with Gasteiger partial charge in [0.1, 0.15) is 6.04 Å². The fourth-order valence-corrected chi connectivity index (χ4v) is 4.38. The molecule has 1 aromatic carbocycles. The number of fused-ring (bicyclic) bond motifs is 1. The molecular formula is C22H25N3O6. The number of carboxylic acids is 2. The lowest BCUT2D eigenvalue weighted by molar-refractivity contribution is -0.146. The standard InChI is InChI=1S/C22H25N3O6/c26-20(14-3-1-2-4-15(14)21(27)28)24-13-5-6-18-16(11-13)17(12-23-18)19(22(29)30)25-7-9-31-10-8-25/h1-2,5-6,11-12,14-15,19,23H,3-4,7-10H2,(H,24,26)(H,27,28)(H,29,30)/t14-,15+,19+/m1/s1. The van der Waals surface area contributed by atoms with E-state index < -0.39 is 29.8 Å². The summed E-state index contributed by atoms with van der Waals surface area (Å²) in [6.07, 6.45) is 6.01. The van der Waals surface area contributed by atoms with Crippen molar-refractivity contribution in [3.05, 3.63) is 42.1 Å². The van der Waals surface area contributed by atoms with Crippen LogP contribution in [0.25, 0.3) is 10.9 Å². The van der Waals surface area contributed by atoms with Gasteiger partial charge in [0.05, 0.1) is 25.0 Å². The number of benzene rings is 1. The minimum atomic E-state index is -0.984. The maximum atomic E-state index is 12.8. The van der Waals surface area contributed by atoms with Gasteiger partial charge in [-0.25, -0.2) is 0 Å². The molecule has 1 aliphatic carbocycles. The number of carbonyl (C=O) groups is 3. The van der Waals surface area contributed by atoms with Gasteiger partial charge in [-0.05, 0) is 31.0 Å². The second-order valence-corrected chi connectivity index (χ2v) is 7.88. The highest BCUT2D eigenvalue weighted by Crippen LogP contribution is 2.32. The van der Waals surface area contributed by atoms with Crippen LogP contribution in [0.2, 0.25) is 0 Å². The Morgan fingerprint density at radius 3 is 2.48 bits per heavy atom. The first-order chi connectivity index (χ1) is 15.0. The molecule has 0 spiro atoms. The number of anilines is 1. The number of nitrogens with one attached hydrogen (secondary N) is 2. The first kappa shape index (κ1) is 21.1. The Balaban J connectivity index is 1.60. The predicted octanol–water partition coefficient (Wildman–Crippen LogP) is 2.23. The Hall–Kier alpha value is -3.17. The van der Waals surface area contributed by atoms with Crippen LogP contribution < -0.4 is 5.32 Å². The first-order valence-electron chi connectivity index (χ1n) is 10.3. The van der Waals surface area contributed by atoms with Gasteiger partial charge < -0.3 is 25.3 Å². The number of hydrogen-bond donors (Lipinski definition) is 4. The highest BCUT2D eigenvalue weighted by molar-refractivity contribution is 5.98. The number of carbonyl (C=O) groups excluding carboxylic acids is 1. The first-order valence-corrected chi connectivity index (χ1v) is 10.3. The monoisotopic (exact) mass is 427 g/mol. The normalized spacial score (nSPS) is 22.8. The van der Waals surface area contributed by atoms with Gasteiger partial charge in [0.25, 0.3) is 0 Å². The van der Waals surface area contributed by atoms with Crippen molar-refractivity contribution < 1.29 is 29.3 Å². The van der Waals surface area contributed by atoms with E-state index in [4.69, 9.17) is 4.74 Å². The van der Waals surface area contributed by atoms with Crippen molar-refractivity contribution >= 4 is 34.4 Å². The largest absolute Gasteiger partial charge is 0.481 e. The average Bonchev–Trinajstić information content (AvgIpc) is 3.17. The number of H-pyrrole nitrogens is 1. The maximum Gasteiger partial charge on any atom is 0.325 e. The molecule has 0 radical (unpaired) electrons. The minimum Gasteiger partial charge on any atom is -0.481 e. The molecule has 1 saturated heterocycles. The van der Waals surface area contributed by atoms with Crippen LogP contribution in [0.5, 0.6) is 0 Å². The molecule has 2 aromatic rings. The molecule has 2 heterocycles. The Kier molecular flexibility index (Phi) is 6.06. The number of amides is 1. The third-order valence-corrected chi connectivity index (χ3v) is 6.01. The van der Waals surface area contributed by atoms with Gasteiger partial charge in [0.15, 0.2) is 0 Å². The van der Waals surface area contributed by atoms with Gasteiger partial charge in [0, 0.05) is 41.4 Å². The van der Waals surface area contributed by atoms with E-state index in [1.54, 1.807) is 30.5 Å². The van der Waals surface area contributed by atoms with E-state index in [-0.39, 0.29) is 5.91 Å². The number of morpholine rings is 1. The van der Waals surface area contributed by atoms with E-state index in [1.807, 2.05) is 11.0 Å². The lowest BCUT2D eigenvalue weighted by atomic mass is 9.82. The summed E-state index contributed by atoms with van der Waals surface area (Å²) in [6.45, 7) is 2.00. The highest BCUT2D eigenvalue weighted by atomic mass is 16.5. The van der Waals surface area contributed by atoms with E-state index in [2.05, 4.69) is 10.3 Å². The van der Waals surface area contributed by atoms with Crippen molar-refractivity contribution in [2.24, 2.45) is 11.8 Å². The molecule has 9 heteroatoms. The second-order valence-electron chi connectivity index (χ2n) is 7.88. The van der Waals surface area contributed by atoms with Gasteiger partial charge >= 0.3 is 11.9 Å². The second kappa shape index (κ2) is 8.91. The van der Waals surface area contributed by atoms with Crippen molar-refractivity contribution in [1.29, 1.82) is 0 Å². The molecule has 9 nitrogen and oxygen atoms in total. The summed E-state index contributed by atoms with van der Waals surface area (Å²) < 4.78 is 5.34. The lowest BCUT2D eigenvalue weighted by Crippen LogP contribution is -2.42. The van der Waals surface area contributed by atoms with E-state index in [9.17, 15) is 24.6 Å². The zero-order valence-electron chi connectivity index (χ0n) is 16.9. The number of nitrogens with zero attached hydrogens (tertiary/aromatic N) is 1. The fraction of sp³-hybridized carbons (Fsp3) is 0.409. The number of aromatic amines is 1. The minimum absolute atomic E-state index is 0.328. The van der Waals surface area contributed by atoms with E-state index in [0.29, 0.717) is 55.8 Å². The molecule has 1 amide bonds. The number of aromatic nitrogens is 1. The van der Waals surface area contributed by atoms with Crippen molar-refractivity contribution in [3.8, 4) is 0 Å². The lowest BCUT2D eigenvalue weighted by Gasteiger charge is -2.31. The number of ether oxygens (including phenoxy) is 1. The van der Waals surface area contributed by atoms with Gasteiger partial charge in [0.2, 0.25) is 5.91 Å². The molecule has 0 bridgehead atoms. The Morgan fingerprint density at radius 1 is 1.10 bits per heavy atom. The van der Waals surface area contributed by atoms with Gasteiger partial charge in [-0.1, -0.05) is 12.2 Å². The highest BCUT2D eigenvalue weighted by Gasteiger charge is 2.34. The number of allylic oxidation sites excluding steroid dienone is 2. The molecule has 3 atom stereocenters.